The summed E-state index contributed by atoms with van der Waals surface area (Å²) >= 11 is 12.1. The van der Waals surface area contributed by atoms with Crippen LogP contribution in [0.15, 0.2) is 170 Å². The van der Waals surface area contributed by atoms with Crippen LogP contribution in [0.2, 0.25) is 10.0 Å². The lowest BCUT2D eigenvalue weighted by molar-refractivity contribution is -0.706. The highest BCUT2D eigenvalue weighted by Crippen LogP contribution is 2.37. The van der Waals surface area contributed by atoms with Gasteiger partial charge in [0.1, 0.15) is 28.7 Å². The first-order chi connectivity index (χ1) is 50.0. The normalized spacial score (nSPS) is 14.2. The molecular weight excluding hydrogens is 1390 g/mol. The number of nitrogens with one attached hydrogen (secondary N) is 4. The Morgan fingerprint density at radius 3 is 1.05 bits per heavy atom. The highest BCUT2D eigenvalue weighted by Gasteiger charge is 2.33. The minimum Gasteiger partial charge on any atom is -0.368 e. The molecular formula is C71H77Cl2F2N16O13+3. The number of hydrogen-bond acceptors (Lipinski definition) is 21. The molecule has 4 heterocycles. The third-order valence-corrected chi connectivity index (χ3v) is 18.1. The van der Waals surface area contributed by atoms with E-state index in [1.54, 1.807) is 107 Å². The molecule has 0 aliphatic carbocycles. The zero-order valence-electron chi connectivity index (χ0n) is 56.1. The van der Waals surface area contributed by atoms with E-state index < -0.39 is 28.6 Å². The minimum atomic E-state index is -0.777. The number of nitro groups is 1. The Kier molecular flexibility index (Phi) is 26.1. The number of hydroxylamine groups is 4. The van der Waals surface area contributed by atoms with Crippen LogP contribution in [0.25, 0.3) is 0 Å². The summed E-state index contributed by atoms with van der Waals surface area (Å²) in [6.07, 6.45) is 0. The van der Waals surface area contributed by atoms with Gasteiger partial charge in [0, 0.05) is 176 Å². The van der Waals surface area contributed by atoms with Gasteiger partial charge in [0.05, 0.1) is 38.6 Å². The van der Waals surface area contributed by atoms with Crippen LogP contribution in [-0.4, -0.2) is 204 Å². The molecule has 4 aliphatic heterocycles. The maximum atomic E-state index is 14.0. The Morgan fingerprint density at radius 2 is 0.702 bits per heavy atom. The number of halogens is 4. The second kappa shape index (κ2) is 35.6. The van der Waals surface area contributed by atoms with Crippen LogP contribution in [0, 0.1) is 21.7 Å². The zero-order chi connectivity index (χ0) is 74.7. The van der Waals surface area contributed by atoms with E-state index in [2.05, 4.69) is 34.9 Å². The predicted molar refractivity (Wildman–Crippen MR) is 389 cm³/mol. The van der Waals surface area contributed by atoms with Gasteiger partial charge in [-0.1, -0.05) is 65.7 Å². The molecule has 11 N–H and O–H groups in total. The van der Waals surface area contributed by atoms with Gasteiger partial charge in [-0.05, 0) is 97.1 Å². The summed E-state index contributed by atoms with van der Waals surface area (Å²) in [5.74, 6) is -3.31. The number of amides is 4. The van der Waals surface area contributed by atoms with Crippen molar-refractivity contribution in [3.05, 3.63) is 224 Å². The molecule has 33 heteroatoms. The highest BCUT2D eigenvalue weighted by atomic mass is 35.5. The lowest BCUT2D eigenvalue weighted by Gasteiger charge is -2.38. The van der Waals surface area contributed by atoms with Crippen molar-refractivity contribution in [2.24, 2.45) is 0 Å². The SMILES string of the molecule is C=[N+](O)c1cccc(C(=O)NO)c1N1CCN(c2ccc(F)cc2)CC1.C=[N+](O)c1cccc(C(=O)NO)c1N1CCN(c2cccc(Cl)c2)CC1.C=[N+](O)c1cccc(C(=O)NO)c1N1CCN(c2ccccc2F)CC1.O=C(NO)c1cc([N+](=O)[O-])ccc1N1CCN(c2cccc(Cl)c2)CC1. The van der Waals surface area contributed by atoms with Crippen LogP contribution in [0.5, 0.6) is 0 Å². The number of nitro benzene ring substituents is 1. The molecule has 0 aromatic heterocycles. The third-order valence-electron chi connectivity index (χ3n) is 17.6. The Balaban J connectivity index is 0.000000161. The molecule has 8 aromatic rings. The molecule has 4 fully saturated rings. The maximum Gasteiger partial charge on any atom is 0.280 e. The lowest BCUT2D eigenvalue weighted by Crippen LogP contribution is -2.47. The van der Waals surface area contributed by atoms with Crippen LogP contribution in [0.1, 0.15) is 41.4 Å². The molecule has 29 nitrogen and oxygen atoms in total. The zero-order valence-corrected chi connectivity index (χ0v) is 57.6. The molecule has 0 atom stereocenters. The van der Waals surface area contributed by atoms with E-state index in [1.807, 2.05) is 73.0 Å². The number of nitrogens with zero attached hydrogens (tertiary/aromatic N) is 12. The van der Waals surface area contributed by atoms with Crippen molar-refractivity contribution >= 4 is 135 Å². The van der Waals surface area contributed by atoms with Crippen LogP contribution in [0.3, 0.4) is 0 Å². The molecule has 0 bridgehead atoms. The first-order valence-corrected chi connectivity index (χ1v) is 33.1. The van der Waals surface area contributed by atoms with E-state index >= 15 is 0 Å². The summed E-state index contributed by atoms with van der Waals surface area (Å²) in [6, 6.07) is 46.7. The van der Waals surface area contributed by atoms with Gasteiger partial charge >= 0.3 is 0 Å². The fourth-order valence-corrected chi connectivity index (χ4v) is 12.9. The molecule has 4 saturated heterocycles. The molecule has 0 saturated carbocycles. The van der Waals surface area contributed by atoms with Gasteiger partial charge in [-0.15, -0.1) is 0 Å². The summed E-state index contributed by atoms with van der Waals surface area (Å²) in [5, 5.41) is 77.8. The van der Waals surface area contributed by atoms with Gasteiger partial charge < -0.3 is 39.2 Å². The van der Waals surface area contributed by atoms with Crippen LogP contribution in [-0.2, 0) is 0 Å². The summed E-state index contributed by atoms with van der Waals surface area (Å²) in [5.41, 5.74) is 13.7. The largest absolute Gasteiger partial charge is 0.368 e. The lowest BCUT2D eigenvalue weighted by atomic mass is 10.1. The van der Waals surface area contributed by atoms with Crippen LogP contribution >= 0.6 is 23.2 Å². The van der Waals surface area contributed by atoms with Crippen molar-refractivity contribution in [3.63, 3.8) is 0 Å². The van der Waals surface area contributed by atoms with E-state index in [9.17, 15) is 53.7 Å². The van der Waals surface area contributed by atoms with Crippen molar-refractivity contribution in [1.82, 2.24) is 21.9 Å². The number of carbonyl (C=O) groups excluding carboxylic acids is 4. The summed E-state index contributed by atoms with van der Waals surface area (Å²) in [6.45, 7) is 20.4. The van der Waals surface area contributed by atoms with Gasteiger partial charge in [0.25, 0.3) is 46.4 Å². The average Bonchev–Trinajstić information content (AvgIpc) is 0.801. The second-order valence-corrected chi connectivity index (χ2v) is 24.6. The molecule has 544 valence electrons. The summed E-state index contributed by atoms with van der Waals surface area (Å²) in [7, 11) is 0. The Morgan fingerprint density at radius 1 is 0.375 bits per heavy atom. The van der Waals surface area contributed by atoms with Crippen molar-refractivity contribution in [2.75, 3.05) is 144 Å². The first kappa shape index (κ1) is 76.3. The van der Waals surface area contributed by atoms with E-state index in [-0.39, 0.29) is 39.6 Å². The van der Waals surface area contributed by atoms with Crippen molar-refractivity contribution in [2.45, 2.75) is 0 Å². The fraction of sp³-hybridized carbons (Fsp3) is 0.225. The van der Waals surface area contributed by atoms with Gasteiger partial charge in [-0.3, -0.25) is 65.7 Å². The summed E-state index contributed by atoms with van der Waals surface area (Å²) in [4.78, 5) is 74.7. The van der Waals surface area contributed by atoms with Crippen LogP contribution in [0.4, 0.5) is 77.0 Å². The van der Waals surface area contributed by atoms with E-state index in [1.165, 1.54) is 36.4 Å². The smallest absolute Gasteiger partial charge is 0.280 e. The monoisotopic (exact) mass is 1470 g/mol. The summed E-state index contributed by atoms with van der Waals surface area (Å²) < 4.78 is 29.2. The van der Waals surface area contributed by atoms with Crippen molar-refractivity contribution in [1.29, 1.82) is 0 Å². The fourth-order valence-electron chi connectivity index (χ4n) is 12.6. The van der Waals surface area contributed by atoms with Gasteiger partial charge in [-0.2, -0.15) is 0 Å². The molecule has 0 unspecified atom stereocenters. The van der Waals surface area contributed by atoms with Crippen LogP contribution < -0.4 is 61.1 Å². The number of carbonyl (C=O) groups is 4. The molecule has 8 aromatic carbocycles. The van der Waals surface area contributed by atoms with E-state index in [0.29, 0.717) is 157 Å². The topological polar surface area (TPSA) is 336 Å². The third kappa shape index (κ3) is 18.6. The Labute approximate surface area is 605 Å². The molecule has 4 aliphatic rings. The number of benzene rings is 8. The number of piperazine rings is 4. The van der Waals surface area contributed by atoms with Crippen molar-refractivity contribution < 1.29 is 83.5 Å². The number of para-hydroxylation sites is 4. The molecule has 0 spiro atoms. The van der Waals surface area contributed by atoms with E-state index in [0.717, 1.165) is 34.9 Å². The highest BCUT2D eigenvalue weighted by molar-refractivity contribution is 6.31. The molecule has 0 radical (unpaired) electrons. The number of anilines is 8. The quantitative estimate of drug-likeness (QED) is 0.0107. The number of rotatable bonds is 16. The Bertz CT molecular complexity index is 4430. The number of hydrogen-bond donors (Lipinski definition) is 11. The second-order valence-electron chi connectivity index (χ2n) is 23.7. The predicted octanol–water partition coefficient (Wildman–Crippen LogP) is 9.22. The van der Waals surface area contributed by atoms with Gasteiger partial charge in [0.15, 0.2) is 20.2 Å². The van der Waals surface area contributed by atoms with Crippen molar-refractivity contribution in [3.8, 4) is 0 Å². The van der Waals surface area contributed by atoms with Gasteiger partial charge in [-0.25, -0.2) is 30.7 Å². The standard InChI is InChI=1S/C18H19ClN4O3.2C18H19FN4O3.C17H17ClN4O4/c1-21(26)16-7-3-6-15(18(24)20-25)17(16)23-10-8-22(9-11-23)14-5-2-4-13(19)12-14;1-21(26)16-8-4-5-13(18(24)20-25)17(16)23-11-9-22(10-12-23)15-7-3-2-6-14(15)19;1-21(26)16-4-2-3-15(18(24)20-25)17(16)23-11-9-22(10-12-23)14-7-5-13(19)6-8-14;18-12-2-1-3-13(10-12)20-6-8-21(9-7-20)16-5-4-14(22(25)26)11-15(16)17(23)19-24/h2-7,12H,1,8-11H2,(H2-,20,24,25,26);2*2-8H,1,9-12H2,(H2-,20,24,25,26);1-5,10-11,24H,6-9H2,(H,19,23)/p+3. The number of non-ortho nitro benzene ring substituents is 1. The Hall–Kier alpha value is -11.9. The van der Waals surface area contributed by atoms with E-state index in [4.69, 9.17) is 44.0 Å². The molecule has 4 amide bonds. The molecule has 104 heavy (non-hydrogen) atoms. The molecule has 12 rings (SSSR count). The first-order valence-electron chi connectivity index (χ1n) is 32.4. The average molecular weight is 1470 g/mol. The minimum absolute atomic E-state index is 0.0675. The van der Waals surface area contributed by atoms with Gasteiger partial charge in [0.2, 0.25) is 0 Å². The maximum absolute atomic E-state index is 14.0.